The Morgan fingerprint density at radius 1 is 1.18 bits per heavy atom. The molecule has 17 heavy (non-hydrogen) atoms. The van der Waals surface area contributed by atoms with E-state index in [1.807, 2.05) is 41.3 Å². The lowest BCUT2D eigenvalue weighted by Gasteiger charge is -2.07. The molecule has 0 unspecified atom stereocenters. The van der Waals surface area contributed by atoms with Crippen molar-refractivity contribution in [3.8, 4) is 0 Å². The molecule has 4 nitrogen and oxygen atoms in total. The molecule has 0 atom stereocenters. The number of benzene rings is 1. The van der Waals surface area contributed by atoms with Crippen molar-refractivity contribution >= 4 is 16.7 Å². The topological polar surface area (TPSA) is 58.8 Å². The quantitative estimate of drug-likeness (QED) is 0.641. The number of nitrogen functional groups attached to an aromatic ring is 1. The number of H-pyrrole nitrogens is 1. The summed E-state index contributed by atoms with van der Waals surface area (Å²) < 4.78 is 1.93. The van der Waals surface area contributed by atoms with Gasteiger partial charge in [0.2, 0.25) is 0 Å². The number of hydrogen-bond acceptors (Lipinski definition) is 2. The molecule has 0 bridgehead atoms. The maximum absolute atomic E-state index is 5.91. The van der Waals surface area contributed by atoms with Gasteiger partial charge in [-0.25, -0.2) is 4.68 Å². The van der Waals surface area contributed by atoms with E-state index in [2.05, 4.69) is 22.5 Å². The SMILES string of the molecule is Nc1cn(NCc2ccccc2)c2[nH]ccc12. The van der Waals surface area contributed by atoms with Gasteiger partial charge < -0.3 is 16.1 Å². The van der Waals surface area contributed by atoms with Crippen LogP contribution in [-0.2, 0) is 6.54 Å². The average molecular weight is 226 g/mol. The summed E-state index contributed by atoms with van der Waals surface area (Å²) in [4.78, 5) is 3.17. The Morgan fingerprint density at radius 2 is 2.00 bits per heavy atom. The third kappa shape index (κ3) is 1.73. The molecule has 4 heteroatoms. The summed E-state index contributed by atoms with van der Waals surface area (Å²) in [6, 6.07) is 12.2. The zero-order valence-electron chi connectivity index (χ0n) is 9.35. The Balaban J connectivity index is 1.84. The van der Waals surface area contributed by atoms with Gasteiger partial charge in [-0.15, -0.1) is 0 Å². The lowest BCUT2D eigenvalue weighted by atomic mass is 10.2. The van der Waals surface area contributed by atoms with E-state index >= 15 is 0 Å². The van der Waals surface area contributed by atoms with Gasteiger partial charge in [0.25, 0.3) is 0 Å². The first-order valence-corrected chi connectivity index (χ1v) is 5.56. The van der Waals surface area contributed by atoms with Crippen LogP contribution >= 0.6 is 0 Å². The van der Waals surface area contributed by atoms with Crippen LogP contribution in [-0.4, -0.2) is 9.66 Å². The standard InChI is InChI=1S/C13H14N4/c14-12-9-17(13-11(12)6-7-15-13)16-8-10-4-2-1-3-5-10/h1-7,9,15-16H,8,14H2. The van der Waals surface area contributed by atoms with Gasteiger partial charge in [0, 0.05) is 11.6 Å². The summed E-state index contributed by atoms with van der Waals surface area (Å²) >= 11 is 0. The Labute approximate surface area is 99.0 Å². The van der Waals surface area contributed by atoms with Crippen LogP contribution in [0.25, 0.3) is 11.0 Å². The van der Waals surface area contributed by atoms with Gasteiger partial charge in [-0.1, -0.05) is 30.3 Å². The van der Waals surface area contributed by atoms with Crippen molar-refractivity contribution in [2.24, 2.45) is 0 Å². The number of nitrogens with two attached hydrogens (primary N) is 1. The number of rotatable bonds is 3. The highest BCUT2D eigenvalue weighted by Gasteiger charge is 2.05. The number of hydrogen-bond donors (Lipinski definition) is 3. The van der Waals surface area contributed by atoms with Crippen LogP contribution < -0.4 is 11.2 Å². The van der Waals surface area contributed by atoms with Gasteiger partial charge in [0.1, 0.15) is 5.65 Å². The maximum atomic E-state index is 5.91. The molecule has 4 N–H and O–H groups in total. The van der Waals surface area contributed by atoms with Crippen molar-refractivity contribution in [3.05, 3.63) is 54.4 Å². The van der Waals surface area contributed by atoms with Crippen molar-refractivity contribution < 1.29 is 0 Å². The Hall–Kier alpha value is -2.36. The second-order valence-electron chi connectivity index (χ2n) is 4.01. The van der Waals surface area contributed by atoms with Crippen LogP contribution in [0.4, 0.5) is 5.69 Å². The summed E-state index contributed by atoms with van der Waals surface area (Å²) in [7, 11) is 0. The molecule has 86 valence electrons. The molecule has 0 amide bonds. The Bertz CT molecular complexity index is 621. The van der Waals surface area contributed by atoms with Gasteiger partial charge in [0.15, 0.2) is 0 Å². The fourth-order valence-electron chi connectivity index (χ4n) is 1.96. The first-order chi connectivity index (χ1) is 8.34. The minimum atomic E-state index is 0.767. The smallest absolute Gasteiger partial charge is 0.138 e. The Morgan fingerprint density at radius 3 is 2.82 bits per heavy atom. The summed E-state index contributed by atoms with van der Waals surface area (Å²) in [6.45, 7) is 0.767. The molecule has 1 aromatic carbocycles. The zero-order valence-corrected chi connectivity index (χ0v) is 9.35. The second kappa shape index (κ2) is 3.90. The van der Waals surface area contributed by atoms with Crippen molar-refractivity contribution in [1.29, 1.82) is 0 Å². The fourth-order valence-corrected chi connectivity index (χ4v) is 1.96. The van der Waals surface area contributed by atoms with Crippen LogP contribution in [0, 0.1) is 0 Å². The van der Waals surface area contributed by atoms with Gasteiger partial charge >= 0.3 is 0 Å². The largest absolute Gasteiger partial charge is 0.397 e. The molecule has 0 aliphatic heterocycles. The summed E-state index contributed by atoms with van der Waals surface area (Å²) in [5, 5.41) is 1.05. The van der Waals surface area contributed by atoms with Gasteiger partial charge in [-0.05, 0) is 11.6 Å². The fraction of sp³-hybridized carbons (Fsp3) is 0.0769. The summed E-state index contributed by atoms with van der Waals surface area (Å²) in [6.07, 6.45) is 3.78. The molecular formula is C13H14N4. The lowest BCUT2D eigenvalue weighted by molar-refractivity contribution is 0.865. The predicted octanol–water partition coefficient (Wildman–Crippen LogP) is 2.30. The van der Waals surface area contributed by atoms with E-state index in [1.165, 1.54) is 5.56 Å². The van der Waals surface area contributed by atoms with Crippen LogP contribution in [0.15, 0.2) is 48.8 Å². The van der Waals surface area contributed by atoms with E-state index < -0.39 is 0 Å². The minimum Gasteiger partial charge on any atom is -0.397 e. The monoisotopic (exact) mass is 226 g/mol. The van der Waals surface area contributed by atoms with E-state index in [0.29, 0.717) is 0 Å². The van der Waals surface area contributed by atoms with Crippen molar-refractivity contribution in [2.75, 3.05) is 11.2 Å². The number of fused-ring (bicyclic) bond motifs is 1. The van der Waals surface area contributed by atoms with Crippen LogP contribution in [0.1, 0.15) is 5.56 Å². The number of aromatic nitrogens is 2. The van der Waals surface area contributed by atoms with Crippen molar-refractivity contribution in [1.82, 2.24) is 9.66 Å². The van der Waals surface area contributed by atoms with E-state index in [4.69, 9.17) is 5.73 Å². The van der Waals surface area contributed by atoms with Crippen molar-refractivity contribution in [2.45, 2.75) is 6.54 Å². The number of nitrogens with one attached hydrogen (secondary N) is 2. The van der Waals surface area contributed by atoms with Gasteiger partial charge in [-0.2, -0.15) is 0 Å². The van der Waals surface area contributed by atoms with E-state index in [0.717, 1.165) is 23.3 Å². The highest BCUT2D eigenvalue weighted by Crippen LogP contribution is 2.20. The molecule has 0 radical (unpaired) electrons. The molecule has 2 aromatic heterocycles. The molecule has 3 aromatic rings. The minimum absolute atomic E-state index is 0.767. The van der Waals surface area contributed by atoms with Gasteiger partial charge in [0.05, 0.1) is 18.4 Å². The van der Waals surface area contributed by atoms with E-state index in [1.54, 1.807) is 0 Å². The highest BCUT2D eigenvalue weighted by atomic mass is 15.4. The second-order valence-corrected chi connectivity index (χ2v) is 4.01. The zero-order chi connectivity index (χ0) is 11.7. The molecule has 0 saturated heterocycles. The van der Waals surface area contributed by atoms with Gasteiger partial charge in [-0.3, -0.25) is 0 Å². The molecular weight excluding hydrogens is 212 g/mol. The molecule has 0 fully saturated rings. The summed E-state index contributed by atoms with van der Waals surface area (Å²) in [5.41, 5.74) is 12.2. The van der Waals surface area contributed by atoms with Crippen LogP contribution in [0.3, 0.4) is 0 Å². The first-order valence-electron chi connectivity index (χ1n) is 5.56. The third-order valence-electron chi connectivity index (χ3n) is 2.84. The molecule has 3 rings (SSSR count). The van der Waals surface area contributed by atoms with E-state index in [-0.39, 0.29) is 0 Å². The molecule has 0 aliphatic carbocycles. The van der Waals surface area contributed by atoms with Crippen LogP contribution in [0.5, 0.6) is 0 Å². The molecule has 0 spiro atoms. The normalized spacial score (nSPS) is 10.8. The number of anilines is 1. The summed E-state index contributed by atoms with van der Waals surface area (Å²) in [5.74, 6) is 0. The number of nitrogens with zero attached hydrogens (tertiary/aromatic N) is 1. The maximum Gasteiger partial charge on any atom is 0.138 e. The molecule has 0 aliphatic rings. The number of aromatic amines is 1. The lowest BCUT2D eigenvalue weighted by Crippen LogP contribution is -2.13. The average Bonchev–Trinajstić information content (AvgIpc) is 2.93. The highest BCUT2D eigenvalue weighted by molar-refractivity contribution is 5.89. The third-order valence-corrected chi connectivity index (χ3v) is 2.84. The predicted molar refractivity (Wildman–Crippen MR) is 70.2 cm³/mol. The van der Waals surface area contributed by atoms with Crippen LogP contribution in [0.2, 0.25) is 0 Å². The Kier molecular flexibility index (Phi) is 2.26. The first kappa shape index (κ1) is 9.84. The molecule has 0 saturated carbocycles. The van der Waals surface area contributed by atoms with E-state index in [9.17, 15) is 0 Å². The molecule has 2 heterocycles. The van der Waals surface area contributed by atoms with Crippen molar-refractivity contribution in [3.63, 3.8) is 0 Å².